The Kier molecular flexibility index (Phi) is 4.46. The van der Waals surface area contributed by atoms with Gasteiger partial charge in [0.15, 0.2) is 0 Å². The van der Waals surface area contributed by atoms with E-state index in [2.05, 4.69) is 0 Å². The Morgan fingerprint density at radius 2 is 2.15 bits per heavy atom. The molecule has 1 fully saturated rings. The smallest absolute Gasteiger partial charge is 0.246 e. The van der Waals surface area contributed by atoms with Crippen LogP contribution in [0.15, 0.2) is 23.1 Å². The monoisotopic (exact) mass is 301 g/mol. The third kappa shape index (κ3) is 2.73. The highest BCUT2D eigenvalue weighted by Gasteiger charge is 2.38. The molecule has 20 heavy (non-hydrogen) atoms. The Hall–Kier alpha value is -0.980. The van der Waals surface area contributed by atoms with Crippen molar-refractivity contribution in [1.82, 2.24) is 4.31 Å². The van der Waals surface area contributed by atoms with E-state index < -0.39 is 21.9 Å². The molecule has 2 atom stereocenters. The van der Waals surface area contributed by atoms with Gasteiger partial charge in [0.1, 0.15) is 10.7 Å². The molecule has 4 nitrogen and oxygen atoms in total. The Labute approximate surface area is 119 Å². The summed E-state index contributed by atoms with van der Waals surface area (Å²) in [4.78, 5) is -0.301. The number of rotatable bonds is 3. The first-order chi connectivity index (χ1) is 9.37. The molecule has 1 aliphatic rings. The maximum atomic E-state index is 13.9. The molecule has 112 valence electrons. The van der Waals surface area contributed by atoms with Crippen LogP contribution in [0.1, 0.15) is 25.3 Å². The Morgan fingerprint density at radius 1 is 1.45 bits per heavy atom. The normalized spacial score (nSPS) is 24.8. The van der Waals surface area contributed by atoms with Crippen molar-refractivity contribution in [1.29, 1.82) is 0 Å². The van der Waals surface area contributed by atoms with Crippen molar-refractivity contribution in [3.8, 4) is 0 Å². The minimum Gasteiger partial charge on any atom is -0.395 e. The van der Waals surface area contributed by atoms with Gasteiger partial charge in [-0.2, -0.15) is 4.31 Å². The van der Waals surface area contributed by atoms with Crippen LogP contribution in [0.2, 0.25) is 0 Å². The molecule has 1 saturated heterocycles. The lowest BCUT2D eigenvalue weighted by Gasteiger charge is -2.37. The molecule has 0 aliphatic carbocycles. The third-order valence-corrected chi connectivity index (χ3v) is 5.86. The molecule has 0 aromatic heterocycles. The lowest BCUT2D eigenvalue weighted by Crippen LogP contribution is -2.49. The van der Waals surface area contributed by atoms with Crippen molar-refractivity contribution in [2.75, 3.05) is 13.2 Å². The van der Waals surface area contributed by atoms with Crippen LogP contribution >= 0.6 is 0 Å². The molecule has 0 spiro atoms. The van der Waals surface area contributed by atoms with Crippen LogP contribution < -0.4 is 0 Å². The summed E-state index contributed by atoms with van der Waals surface area (Å²) in [5.74, 6) is -0.679. The molecule has 1 N–H and O–H groups in total. The van der Waals surface area contributed by atoms with Gasteiger partial charge in [-0.15, -0.1) is 0 Å². The van der Waals surface area contributed by atoms with Gasteiger partial charge in [0, 0.05) is 6.54 Å². The molecular weight excluding hydrogens is 281 g/mol. The molecule has 0 amide bonds. The van der Waals surface area contributed by atoms with Crippen LogP contribution in [0.25, 0.3) is 0 Å². The minimum absolute atomic E-state index is 0.0661. The van der Waals surface area contributed by atoms with Crippen molar-refractivity contribution in [3.63, 3.8) is 0 Å². The molecular formula is C14H20FNO3S. The van der Waals surface area contributed by atoms with Gasteiger partial charge in [-0.3, -0.25) is 0 Å². The quantitative estimate of drug-likeness (QED) is 0.928. The van der Waals surface area contributed by atoms with E-state index in [0.717, 1.165) is 12.8 Å². The van der Waals surface area contributed by atoms with Crippen molar-refractivity contribution in [3.05, 3.63) is 29.6 Å². The van der Waals surface area contributed by atoms with Gasteiger partial charge in [-0.05, 0) is 43.4 Å². The lowest BCUT2D eigenvalue weighted by atomic mass is 9.93. The molecule has 1 aromatic carbocycles. The van der Waals surface area contributed by atoms with Crippen molar-refractivity contribution >= 4 is 10.0 Å². The Bertz CT molecular complexity index is 588. The van der Waals surface area contributed by atoms with E-state index in [9.17, 15) is 17.9 Å². The van der Waals surface area contributed by atoms with Gasteiger partial charge >= 0.3 is 0 Å². The molecule has 2 rings (SSSR count). The highest BCUT2D eigenvalue weighted by molar-refractivity contribution is 7.89. The fourth-order valence-electron chi connectivity index (χ4n) is 2.72. The average molecular weight is 301 g/mol. The fraction of sp³-hybridized carbons (Fsp3) is 0.571. The zero-order valence-corrected chi connectivity index (χ0v) is 12.5. The molecule has 1 aromatic rings. The summed E-state index contributed by atoms with van der Waals surface area (Å²) in [7, 11) is -3.91. The van der Waals surface area contributed by atoms with Gasteiger partial charge in [-0.1, -0.05) is 13.0 Å². The predicted molar refractivity (Wildman–Crippen MR) is 74.3 cm³/mol. The van der Waals surface area contributed by atoms with E-state index in [1.54, 1.807) is 6.92 Å². The maximum absolute atomic E-state index is 13.9. The SMILES string of the molecule is Cc1ccc(F)c(S(=O)(=O)N2CCCC(C)C2CO)c1. The summed E-state index contributed by atoms with van der Waals surface area (Å²) < 4.78 is 40.4. The van der Waals surface area contributed by atoms with Gasteiger partial charge in [0.25, 0.3) is 0 Å². The van der Waals surface area contributed by atoms with E-state index >= 15 is 0 Å². The molecule has 0 radical (unpaired) electrons. The van der Waals surface area contributed by atoms with Crippen LogP contribution in [0, 0.1) is 18.7 Å². The largest absolute Gasteiger partial charge is 0.395 e. The molecule has 1 aliphatic heterocycles. The molecule has 2 unspecified atom stereocenters. The second-order valence-corrected chi connectivity index (χ2v) is 7.28. The number of nitrogens with zero attached hydrogens (tertiary/aromatic N) is 1. The van der Waals surface area contributed by atoms with E-state index in [0.29, 0.717) is 12.1 Å². The zero-order chi connectivity index (χ0) is 14.9. The first-order valence-corrected chi connectivity index (χ1v) is 8.20. The highest BCUT2D eigenvalue weighted by atomic mass is 32.2. The van der Waals surface area contributed by atoms with Gasteiger partial charge in [0.05, 0.1) is 12.6 Å². The minimum atomic E-state index is -3.91. The topological polar surface area (TPSA) is 57.6 Å². The fourth-order valence-corrected chi connectivity index (χ4v) is 4.62. The van der Waals surface area contributed by atoms with E-state index in [1.165, 1.54) is 22.5 Å². The summed E-state index contributed by atoms with van der Waals surface area (Å²) in [6, 6.07) is 3.58. The van der Waals surface area contributed by atoms with E-state index in [4.69, 9.17) is 0 Å². The summed E-state index contributed by atoms with van der Waals surface area (Å²) in [6.45, 7) is 3.72. The van der Waals surface area contributed by atoms with Gasteiger partial charge < -0.3 is 5.11 Å². The summed E-state index contributed by atoms with van der Waals surface area (Å²) in [6.07, 6.45) is 1.60. The summed E-state index contributed by atoms with van der Waals surface area (Å²) >= 11 is 0. The van der Waals surface area contributed by atoms with Crippen molar-refractivity contribution in [2.45, 2.75) is 37.6 Å². The number of hydrogen-bond donors (Lipinski definition) is 1. The first kappa shape index (κ1) is 15.4. The number of benzene rings is 1. The second kappa shape index (κ2) is 5.79. The zero-order valence-electron chi connectivity index (χ0n) is 11.7. The molecule has 0 bridgehead atoms. The van der Waals surface area contributed by atoms with Crippen LogP contribution in [0.3, 0.4) is 0 Å². The van der Waals surface area contributed by atoms with Crippen LogP contribution in [0.5, 0.6) is 0 Å². The third-order valence-electron chi connectivity index (χ3n) is 3.93. The van der Waals surface area contributed by atoms with Crippen LogP contribution in [-0.2, 0) is 10.0 Å². The Morgan fingerprint density at radius 3 is 2.80 bits per heavy atom. The summed E-state index contributed by atoms with van der Waals surface area (Å²) in [5.41, 5.74) is 0.690. The standard InChI is InChI=1S/C14H20FNO3S/c1-10-5-6-12(15)14(8-10)20(18,19)16-7-3-4-11(2)13(16)9-17/h5-6,8,11,13,17H,3-4,7,9H2,1-2H3. The first-order valence-electron chi connectivity index (χ1n) is 6.76. The number of sulfonamides is 1. The molecule has 1 heterocycles. The van der Waals surface area contributed by atoms with Gasteiger partial charge in [0.2, 0.25) is 10.0 Å². The summed E-state index contributed by atoms with van der Waals surface area (Å²) in [5, 5.41) is 9.47. The number of halogens is 1. The number of aryl methyl sites for hydroxylation is 1. The van der Waals surface area contributed by atoms with Crippen LogP contribution in [0.4, 0.5) is 4.39 Å². The van der Waals surface area contributed by atoms with Gasteiger partial charge in [-0.25, -0.2) is 12.8 Å². The number of piperidine rings is 1. The average Bonchev–Trinajstić information content (AvgIpc) is 2.41. The van der Waals surface area contributed by atoms with Crippen molar-refractivity contribution < 1.29 is 17.9 Å². The molecule has 0 saturated carbocycles. The Balaban J connectivity index is 2.45. The number of aliphatic hydroxyl groups excluding tert-OH is 1. The van der Waals surface area contributed by atoms with Crippen LogP contribution in [-0.4, -0.2) is 37.0 Å². The predicted octanol–water partition coefficient (Wildman–Crippen LogP) is 1.92. The molecule has 6 heteroatoms. The highest BCUT2D eigenvalue weighted by Crippen LogP contribution is 2.30. The second-order valence-electron chi connectivity index (χ2n) is 5.42. The number of hydrogen-bond acceptors (Lipinski definition) is 3. The maximum Gasteiger partial charge on any atom is 0.246 e. The van der Waals surface area contributed by atoms with E-state index in [-0.39, 0.29) is 17.4 Å². The van der Waals surface area contributed by atoms with Crippen molar-refractivity contribution in [2.24, 2.45) is 5.92 Å². The van der Waals surface area contributed by atoms with E-state index in [1.807, 2.05) is 6.92 Å². The number of aliphatic hydroxyl groups is 1. The lowest BCUT2D eigenvalue weighted by molar-refractivity contribution is 0.113.